The van der Waals surface area contributed by atoms with Crippen molar-refractivity contribution in [2.75, 3.05) is 0 Å². The molecule has 1 aromatic heterocycles. The van der Waals surface area contributed by atoms with Crippen LogP contribution in [0, 0.1) is 6.92 Å². The molecule has 2 aromatic rings. The van der Waals surface area contributed by atoms with Crippen LogP contribution in [0.2, 0.25) is 0 Å². The van der Waals surface area contributed by atoms with Crippen LogP contribution in [0.4, 0.5) is 0 Å². The van der Waals surface area contributed by atoms with Crippen LogP contribution < -0.4 is 4.74 Å². The Morgan fingerprint density at radius 2 is 2.26 bits per heavy atom. The third kappa shape index (κ3) is 3.14. The Morgan fingerprint density at radius 1 is 1.53 bits per heavy atom. The minimum Gasteiger partial charge on any atom is -0.488 e. The number of carboxylic acids is 1. The highest BCUT2D eigenvalue weighted by Crippen LogP contribution is 2.28. The maximum atomic E-state index is 11.2. The zero-order valence-corrected chi connectivity index (χ0v) is 12.1. The van der Waals surface area contributed by atoms with Gasteiger partial charge in [0.15, 0.2) is 0 Å². The van der Waals surface area contributed by atoms with Crippen molar-refractivity contribution in [3.63, 3.8) is 0 Å². The summed E-state index contributed by atoms with van der Waals surface area (Å²) in [6, 6.07) is 3.36. The van der Waals surface area contributed by atoms with Crippen LogP contribution in [0.1, 0.15) is 21.5 Å². The van der Waals surface area contributed by atoms with Crippen molar-refractivity contribution >= 4 is 21.9 Å². The number of hydrogen-bond donors (Lipinski definition) is 1. The number of carboxylic acid groups (broad SMARTS) is 1. The molecule has 0 atom stereocenters. The molecule has 1 N–H and O–H groups in total. The van der Waals surface area contributed by atoms with E-state index in [2.05, 4.69) is 21.0 Å². The molecule has 19 heavy (non-hydrogen) atoms. The molecule has 0 aliphatic rings. The Morgan fingerprint density at radius 3 is 2.84 bits per heavy atom. The van der Waals surface area contributed by atoms with Gasteiger partial charge in [-0.25, -0.2) is 4.79 Å². The lowest BCUT2D eigenvalue weighted by Gasteiger charge is -2.12. The van der Waals surface area contributed by atoms with Crippen molar-refractivity contribution in [3.05, 3.63) is 45.7 Å². The fraction of sp³-hybridized carbons (Fsp3) is 0.231. The molecule has 0 saturated heterocycles. The lowest BCUT2D eigenvalue weighted by Crippen LogP contribution is -2.05. The molecular weight excluding hydrogens is 312 g/mol. The van der Waals surface area contributed by atoms with Gasteiger partial charge >= 0.3 is 5.97 Å². The average molecular weight is 325 g/mol. The third-order valence-corrected chi connectivity index (χ3v) is 3.07. The van der Waals surface area contributed by atoms with Gasteiger partial charge in [-0.2, -0.15) is 5.10 Å². The first-order valence-electron chi connectivity index (χ1n) is 5.61. The molecular formula is C13H13BrN2O3. The van der Waals surface area contributed by atoms with Gasteiger partial charge in [0.05, 0.1) is 6.20 Å². The van der Waals surface area contributed by atoms with Crippen molar-refractivity contribution in [2.24, 2.45) is 7.05 Å². The van der Waals surface area contributed by atoms with Gasteiger partial charge in [0.25, 0.3) is 0 Å². The molecule has 100 valence electrons. The minimum atomic E-state index is -1.01. The smallest absolute Gasteiger partial charge is 0.339 e. The number of ether oxygens (including phenoxy) is 1. The van der Waals surface area contributed by atoms with E-state index in [0.717, 1.165) is 15.6 Å². The number of carbonyl (C=O) groups is 1. The van der Waals surface area contributed by atoms with E-state index < -0.39 is 5.97 Å². The number of hydrogen-bond acceptors (Lipinski definition) is 3. The zero-order valence-electron chi connectivity index (χ0n) is 10.6. The second kappa shape index (κ2) is 5.44. The first-order chi connectivity index (χ1) is 8.97. The summed E-state index contributed by atoms with van der Waals surface area (Å²) < 4.78 is 8.02. The van der Waals surface area contributed by atoms with Gasteiger partial charge in [-0.3, -0.25) is 4.68 Å². The molecule has 0 radical (unpaired) electrons. The number of aromatic nitrogens is 2. The maximum absolute atomic E-state index is 11.2. The van der Waals surface area contributed by atoms with Crippen molar-refractivity contribution in [2.45, 2.75) is 13.5 Å². The molecule has 0 bridgehead atoms. The molecule has 0 unspecified atom stereocenters. The van der Waals surface area contributed by atoms with E-state index in [0.29, 0.717) is 5.75 Å². The molecule has 0 amide bonds. The first kappa shape index (κ1) is 13.6. The van der Waals surface area contributed by atoms with Crippen LogP contribution in [0.3, 0.4) is 0 Å². The summed E-state index contributed by atoms with van der Waals surface area (Å²) in [6.45, 7) is 2.10. The predicted octanol–water partition coefficient (Wildman–Crippen LogP) is 2.77. The van der Waals surface area contributed by atoms with Crippen molar-refractivity contribution in [1.82, 2.24) is 9.78 Å². The van der Waals surface area contributed by atoms with Crippen LogP contribution in [0.5, 0.6) is 5.75 Å². The van der Waals surface area contributed by atoms with E-state index in [4.69, 9.17) is 4.74 Å². The summed E-state index contributed by atoms with van der Waals surface area (Å²) in [4.78, 5) is 11.2. The van der Waals surface area contributed by atoms with Crippen molar-refractivity contribution in [3.8, 4) is 5.75 Å². The number of benzene rings is 1. The summed E-state index contributed by atoms with van der Waals surface area (Å²) in [5.41, 5.74) is 1.81. The number of rotatable bonds is 4. The molecule has 2 rings (SSSR count). The van der Waals surface area contributed by atoms with Crippen LogP contribution in [0.25, 0.3) is 0 Å². The van der Waals surface area contributed by atoms with Gasteiger partial charge in [0.1, 0.15) is 17.9 Å². The Labute approximate surface area is 118 Å². The van der Waals surface area contributed by atoms with Crippen molar-refractivity contribution in [1.29, 1.82) is 0 Å². The number of nitrogens with zero attached hydrogens (tertiary/aromatic N) is 2. The van der Waals surface area contributed by atoms with Gasteiger partial charge in [-0.05, 0) is 24.6 Å². The second-order valence-electron chi connectivity index (χ2n) is 4.22. The molecule has 0 aliphatic carbocycles. The van der Waals surface area contributed by atoms with Gasteiger partial charge in [0.2, 0.25) is 0 Å². The SMILES string of the molecule is Cc1cc(Br)cc(C(=O)O)c1OCc1cnn(C)c1. The van der Waals surface area contributed by atoms with E-state index in [1.807, 2.05) is 26.2 Å². The highest BCUT2D eigenvalue weighted by Gasteiger charge is 2.15. The summed E-state index contributed by atoms with van der Waals surface area (Å²) >= 11 is 3.28. The first-order valence-corrected chi connectivity index (χ1v) is 6.40. The van der Waals surface area contributed by atoms with Crippen LogP contribution in [-0.2, 0) is 13.7 Å². The molecule has 5 nitrogen and oxygen atoms in total. The Hall–Kier alpha value is -1.82. The maximum Gasteiger partial charge on any atom is 0.339 e. The van der Waals surface area contributed by atoms with E-state index in [-0.39, 0.29) is 12.2 Å². The van der Waals surface area contributed by atoms with Gasteiger partial charge in [0, 0.05) is 23.3 Å². The van der Waals surface area contributed by atoms with Gasteiger partial charge in [-0.15, -0.1) is 0 Å². The lowest BCUT2D eigenvalue weighted by atomic mass is 10.1. The quantitative estimate of drug-likeness (QED) is 0.939. The normalized spacial score (nSPS) is 10.5. The topological polar surface area (TPSA) is 64.3 Å². The molecule has 6 heteroatoms. The van der Waals surface area contributed by atoms with Crippen molar-refractivity contribution < 1.29 is 14.6 Å². The molecule has 0 spiro atoms. The largest absolute Gasteiger partial charge is 0.488 e. The van der Waals surface area contributed by atoms with E-state index in [9.17, 15) is 9.90 Å². The summed E-state index contributed by atoms with van der Waals surface area (Å²) in [6.07, 6.45) is 3.52. The standard InChI is InChI=1S/C13H13BrN2O3/c1-8-3-10(14)4-11(13(17)18)12(8)19-7-9-5-15-16(2)6-9/h3-6H,7H2,1-2H3,(H,17,18). The van der Waals surface area contributed by atoms with E-state index >= 15 is 0 Å². The Balaban J connectivity index is 2.26. The molecule has 0 fully saturated rings. The molecule has 1 aromatic carbocycles. The molecule has 1 heterocycles. The lowest BCUT2D eigenvalue weighted by molar-refractivity contribution is 0.0691. The minimum absolute atomic E-state index is 0.149. The second-order valence-corrected chi connectivity index (χ2v) is 5.13. The predicted molar refractivity (Wildman–Crippen MR) is 73.4 cm³/mol. The van der Waals surface area contributed by atoms with Crippen LogP contribution in [0.15, 0.2) is 29.0 Å². The van der Waals surface area contributed by atoms with Gasteiger partial charge in [-0.1, -0.05) is 15.9 Å². The molecule has 0 saturated carbocycles. The number of aryl methyl sites for hydroxylation is 2. The number of halogens is 1. The summed E-state index contributed by atoms with van der Waals surface area (Å²) in [5, 5.41) is 13.2. The summed E-state index contributed by atoms with van der Waals surface area (Å²) in [5.74, 6) is -0.620. The third-order valence-electron chi connectivity index (χ3n) is 2.61. The number of aromatic carboxylic acids is 1. The van der Waals surface area contributed by atoms with E-state index in [1.165, 1.54) is 6.07 Å². The fourth-order valence-electron chi connectivity index (χ4n) is 1.78. The monoisotopic (exact) mass is 324 g/mol. The average Bonchev–Trinajstić information content (AvgIpc) is 2.73. The van der Waals surface area contributed by atoms with Crippen LogP contribution >= 0.6 is 15.9 Å². The summed E-state index contributed by atoms with van der Waals surface area (Å²) in [7, 11) is 1.82. The Kier molecular flexibility index (Phi) is 3.90. The molecule has 0 aliphatic heterocycles. The highest BCUT2D eigenvalue weighted by molar-refractivity contribution is 9.10. The Bertz CT molecular complexity index is 622. The highest BCUT2D eigenvalue weighted by atomic mass is 79.9. The zero-order chi connectivity index (χ0) is 14.0. The van der Waals surface area contributed by atoms with Gasteiger partial charge < -0.3 is 9.84 Å². The van der Waals surface area contributed by atoms with Crippen LogP contribution in [-0.4, -0.2) is 20.9 Å². The van der Waals surface area contributed by atoms with E-state index in [1.54, 1.807) is 10.9 Å². The fourth-order valence-corrected chi connectivity index (χ4v) is 2.35.